The van der Waals surface area contributed by atoms with Gasteiger partial charge in [-0.15, -0.1) is 0 Å². The van der Waals surface area contributed by atoms with Crippen LogP contribution >= 0.6 is 0 Å². The Hall–Kier alpha value is -0.610. The molecular weight excluding hydrogens is 228 g/mol. The first kappa shape index (κ1) is 13.8. The van der Waals surface area contributed by atoms with Crippen LogP contribution in [0, 0.1) is 5.92 Å². The molecule has 18 heavy (non-hydrogen) atoms. The second-order valence-electron chi connectivity index (χ2n) is 6.52. The predicted octanol–water partition coefficient (Wildman–Crippen LogP) is 1.70. The maximum absolute atomic E-state index is 11.6. The fourth-order valence-corrected chi connectivity index (χ4v) is 2.86. The maximum atomic E-state index is 11.6. The lowest BCUT2D eigenvalue weighted by Gasteiger charge is -2.41. The summed E-state index contributed by atoms with van der Waals surface area (Å²) in [4.78, 5) is 13.9. The van der Waals surface area contributed by atoms with Crippen LogP contribution in [0.5, 0.6) is 0 Å². The number of aliphatic carboxylic acids is 1. The third kappa shape index (κ3) is 3.23. The van der Waals surface area contributed by atoms with Crippen LogP contribution in [-0.4, -0.2) is 46.7 Å². The average molecular weight is 254 g/mol. The van der Waals surface area contributed by atoms with Crippen LogP contribution in [0.4, 0.5) is 0 Å². The predicted molar refractivity (Wildman–Crippen MR) is 71.6 cm³/mol. The molecule has 0 amide bonds. The van der Waals surface area contributed by atoms with Gasteiger partial charge in [-0.25, -0.2) is 0 Å². The highest BCUT2D eigenvalue weighted by atomic mass is 16.4. The molecule has 0 aromatic rings. The molecule has 104 valence electrons. The first-order chi connectivity index (χ1) is 8.40. The van der Waals surface area contributed by atoms with Crippen molar-refractivity contribution in [2.75, 3.05) is 13.1 Å². The smallest absolute Gasteiger partial charge is 0.324 e. The van der Waals surface area contributed by atoms with Crippen molar-refractivity contribution in [2.24, 2.45) is 5.92 Å². The fraction of sp³-hybridized carbons (Fsp3) is 0.929. The zero-order valence-electron chi connectivity index (χ0n) is 11.8. The molecule has 3 atom stereocenters. The Morgan fingerprint density at radius 3 is 2.56 bits per heavy atom. The molecule has 1 aliphatic heterocycles. The molecule has 0 spiro atoms. The average Bonchev–Trinajstić information content (AvgIpc) is 3.07. The van der Waals surface area contributed by atoms with Gasteiger partial charge in [0, 0.05) is 25.2 Å². The molecule has 3 unspecified atom stereocenters. The monoisotopic (exact) mass is 254 g/mol. The van der Waals surface area contributed by atoms with E-state index in [1.54, 1.807) is 0 Å². The van der Waals surface area contributed by atoms with Crippen LogP contribution in [-0.2, 0) is 4.79 Å². The van der Waals surface area contributed by atoms with Crippen LogP contribution in [0.15, 0.2) is 0 Å². The lowest BCUT2D eigenvalue weighted by atomic mass is 9.92. The summed E-state index contributed by atoms with van der Waals surface area (Å²) < 4.78 is 0. The van der Waals surface area contributed by atoms with Crippen molar-refractivity contribution in [1.82, 2.24) is 10.2 Å². The molecule has 1 saturated heterocycles. The van der Waals surface area contributed by atoms with E-state index in [1.807, 2.05) is 6.92 Å². The van der Waals surface area contributed by atoms with E-state index in [-0.39, 0.29) is 0 Å². The SMILES string of the molecule is CC1CCC(C)N(CC(C)(NC2CC2)C(=O)O)C1. The normalized spacial score (nSPS) is 33.1. The molecule has 4 nitrogen and oxygen atoms in total. The number of nitrogens with one attached hydrogen (secondary N) is 1. The van der Waals surface area contributed by atoms with Crippen LogP contribution in [0.25, 0.3) is 0 Å². The number of hydrogen-bond acceptors (Lipinski definition) is 3. The number of hydrogen-bond donors (Lipinski definition) is 2. The molecule has 1 aliphatic carbocycles. The Bertz CT molecular complexity index is 317. The third-order valence-electron chi connectivity index (χ3n) is 4.34. The Labute approximate surface area is 110 Å². The number of rotatable bonds is 5. The van der Waals surface area contributed by atoms with Crippen LogP contribution in [0.3, 0.4) is 0 Å². The van der Waals surface area contributed by atoms with Gasteiger partial charge < -0.3 is 5.11 Å². The second kappa shape index (κ2) is 5.17. The van der Waals surface area contributed by atoms with Crippen LogP contribution < -0.4 is 5.32 Å². The first-order valence-corrected chi connectivity index (χ1v) is 7.16. The van der Waals surface area contributed by atoms with Gasteiger partial charge in [0.15, 0.2) is 0 Å². The van der Waals surface area contributed by atoms with Gasteiger partial charge in [-0.05, 0) is 45.4 Å². The van der Waals surface area contributed by atoms with Gasteiger partial charge in [0.2, 0.25) is 0 Å². The van der Waals surface area contributed by atoms with E-state index in [4.69, 9.17) is 0 Å². The van der Waals surface area contributed by atoms with Gasteiger partial charge in [-0.3, -0.25) is 15.0 Å². The highest BCUT2D eigenvalue weighted by molar-refractivity contribution is 5.78. The molecule has 4 heteroatoms. The first-order valence-electron chi connectivity index (χ1n) is 7.16. The quantitative estimate of drug-likeness (QED) is 0.784. The number of carboxylic acid groups (broad SMARTS) is 1. The maximum Gasteiger partial charge on any atom is 0.324 e. The number of carboxylic acids is 1. The summed E-state index contributed by atoms with van der Waals surface area (Å²) >= 11 is 0. The van der Waals surface area contributed by atoms with Crippen LogP contribution in [0.1, 0.15) is 46.5 Å². The van der Waals surface area contributed by atoms with Gasteiger partial charge >= 0.3 is 5.97 Å². The van der Waals surface area contributed by atoms with E-state index in [0.717, 1.165) is 19.4 Å². The van der Waals surface area contributed by atoms with Crippen molar-refractivity contribution in [2.45, 2.75) is 64.1 Å². The minimum Gasteiger partial charge on any atom is -0.480 e. The molecule has 0 aromatic carbocycles. The van der Waals surface area contributed by atoms with Gasteiger partial charge in [-0.2, -0.15) is 0 Å². The summed E-state index contributed by atoms with van der Waals surface area (Å²) in [5.41, 5.74) is -0.799. The van der Waals surface area contributed by atoms with E-state index in [1.165, 1.54) is 12.8 Å². The molecule has 2 rings (SSSR count). The van der Waals surface area contributed by atoms with Crippen molar-refractivity contribution in [3.63, 3.8) is 0 Å². The number of carbonyl (C=O) groups is 1. The summed E-state index contributed by atoms with van der Waals surface area (Å²) in [5, 5.41) is 12.8. The second-order valence-corrected chi connectivity index (χ2v) is 6.52. The summed E-state index contributed by atoms with van der Waals surface area (Å²) in [5.74, 6) is -0.0417. The lowest BCUT2D eigenvalue weighted by molar-refractivity contribution is -0.145. The van der Waals surface area contributed by atoms with Gasteiger partial charge in [-0.1, -0.05) is 6.92 Å². The van der Waals surface area contributed by atoms with Crippen molar-refractivity contribution in [3.05, 3.63) is 0 Å². The molecule has 1 heterocycles. The Kier molecular flexibility index (Phi) is 3.97. The zero-order chi connectivity index (χ0) is 13.3. The minimum atomic E-state index is -0.799. The molecule has 0 aromatic heterocycles. The topological polar surface area (TPSA) is 52.6 Å². The van der Waals surface area contributed by atoms with E-state index < -0.39 is 11.5 Å². The highest BCUT2D eigenvalue weighted by Gasteiger charge is 2.41. The Morgan fingerprint density at radius 1 is 1.33 bits per heavy atom. The minimum absolute atomic E-state index is 0.420. The van der Waals surface area contributed by atoms with E-state index in [2.05, 4.69) is 24.1 Å². The molecule has 2 fully saturated rings. The van der Waals surface area contributed by atoms with E-state index in [0.29, 0.717) is 24.5 Å². The van der Waals surface area contributed by atoms with Crippen molar-refractivity contribution in [1.29, 1.82) is 0 Å². The summed E-state index contributed by atoms with van der Waals surface area (Å²) in [7, 11) is 0. The highest BCUT2D eigenvalue weighted by Crippen LogP contribution is 2.26. The molecule has 0 bridgehead atoms. The van der Waals surface area contributed by atoms with Crippen LogP contribution in [0.2, 0.25) is 0 Å². The third-order valence-corrected chi connectivity index (χ3v) is 4.34. The van der Waals surface area contributed by atoms with Gasteiger partial charge in [0.1, 0.15) is 5.54 Å². The number of nitrogens with zero attached hydrogens (tertiary/aromatic N) is 1. The van der Waals surface area contributed by atoms with Crippen molar-refractivity contribution in [3.8, 4) is 0 Å². The molecule has 1 saturated carbocycles. The lowest BCUT2D eigenvalue weighted by Crippen LogP contribution is -2.60. The van der Waals surface area contributed by atoms with E-state index in [9.17, 15) is 9.90 Å². The molecule has 2 aliphatic rings. The number of piperidine rings is 1. The summed E-state index contributed by atoms with van der Waals surface area (Å²) in [6.07, 6.45) is 4.68. The van der Waals surface area contributed by atoms with E-state index >= 15 is 0 Å². The fourth-order valence-electron chi connectivity index (χ4n) is 2.86. The number of likely N-dealkylation sites (tertiary alicyclic amines) is 1. The summed E-state index contributed by atoms with van der Waals surface area (Å²) in [6.45, 7) is 7.94. The van der Waals surface area contributed by atoms with Crippen molar-refractivity contribution < 1.29 is 9.90 Å². The Balaban J connectivity index is 2.00. The van der Waals surface area contributed by atoms with Crippen molar-refractivity contribution >= 4 is 5.97 Å². The van der Waals surface area contributed by atoms with Gasteiger partial charge in [0.05, 0.1) is 0 Å². The van der Waals surface area contributed by atoms with Gasteiger partial charge in [0.25, 0.3) is 0 Å². The standard InChI is InChI=1S/C14H26N2O2/c1-10-4-5-11(2)16(8-10)9-14(3,13(17)18)15-12-6-7-12/h10-12,15H,4-9H2,1-3H3,(H,17,18). The molecular formula is C14H26N2O2. The zero-order valence-corrected chi connectivity index (χ0v) is 11.8. The largest absolute Gasteiger partial charge is 0.480 e. The Morgan fingerprint density at radius 2 is 2.00 bits per heavy atom. The molecule has 2 N–H and O–H groups in total. The summed E-state index contributed by atoms with van der Waals surface area (Å²) in [6, 6.07) is 0.921. The molecule has 0 radical (unpaired) electrons.